The van der Waals surface area contributed by atoms with E-state index < -0.39 is 0 Å². The van der Waals surface area contributed by atoms with Crippen LogP contribution >= 0.6 is 23.4 Å². The molecular weight excluding hydrogens is 402 g/mol. The number of hydrogen-bond acceptors (Lipinski definition) is 3. The normalized spacial score (nSPS) is 24.9. The highest BCUT2D eigenvalue weighted by atomic mass is 35.5. The molecule has 4 rings (SSSR count). The number of anilines is 1. The van der Waals surface area contributed by atoms with Gasteiger partial charge in [-0.25, -0.2) is 0 Å². The van der Waals surface area contributed by atoms with E-state index in [1.54, 1.807) is 0 Å². The lowest BCUT2D eigenvalue weighted by Gasteiger charge is -2.45. The molecule has 1 aliphatic carbocycles. The van der Waals surface area contributed by atoms with E-state index in [9.17, 15) is 4.79 Å². The number of benzene rings is 2. The van der Waals surface area contributed by atoms with E-state index in [4.69, 9.17) is 16.3 Å². The van der Waals surface area contributed by atoms with Gasteiger partial charge in [-0.2, -0.15) is 0 Å². The van der Waals surface area contributed by atoms with E-state index in [1.165, 1.54) is 12.8 Å². The Bertz CT molecular complexity index is 865. The lowest BCUT2D eigenvalue weighted by Crippen LogP contribution is -2.48. The molecule has 2 aliphatic rings. The molecule has 0 unspecified atom stereocenters. The number of halogens is 1. The summed E-state index contributed by atoms with van der Waals surface area (Å²) in [6.45, 7) is 7.00. The summed E-state index contributed by atoms with van der Waals surface area (Å²) in [7, 11) is 0. The SMILES string of the molecule is CC(C)(C)C1CCC2(CC1)SCC(=O)N2c1ccc(Oc2ccc(Cl)cc2)cc1. The standard InChI is InChI=1S/C24H28ClNO2S/c1-23(2,3)17-12-14-24(15-13-17)26(22(27)16-29-24)19-6-10-21(11-7-19)28-20-8-4-18(25)5-9-20/h4-11,17H,12-16H2,1-3H3. The Morgan fingerprint density at radius 1 is 1.00 bits per heavy atom. The summed E-state index contributed by atoms with van der Waals surface area (Å²) >= 11 is 7.76. The lowest BCUT2D eigenvalue weighted by molar-refractivity contribution is -0.116. The first-order valence-corrected chi connectivity index (χ1v) is 11.6. The molecule has 154 valence electrons. The maximum absolute atomic E-state index is 12.8. The van der Waals surface area contributed by atoms with Crippen molar-refractivity contribution in [3.63, 3.8) is 0 Å². The average molecular weight is 430 g/mol. The first-order chi connectivity index (χ1) is 13.8. The summed E-state index contributed by atoms with van der Waals surface area (Å²) in [6, 6.07) is 15.2. The molecule has 1 spiro atoms. The second-order valence-electron chi connectivity index (χ2n) is 9.15. The third kappa shape index (κ3) is 4.29. The van der Waals surface area contributed by atoms with Crippen molar-refractivity contribution in [2.75, 3.05) is 10.7 Å². The van der Waals surface area contributed by atoms with E-state index in [2.05, 4.69) is 25.7 Å². The maximum atomic E-state index is 12.8. The molecule has 5 heteroatoms. The smallest absolute Gasteiger partial charge is 0.238 e. The van der Waals surface area contributed by atoms with Crippen LogP contribution in [-0.2, 0) is 4.79 Å². The third-order valence-electron chi connectivity index (χ3n) is 6.26. The second kappa shape index (κ2) is 7.88. The van der Waals surface area contributed by atoms with Crippen LogP contribution in [0.5, 0.6) is 11.5 Å². The van der Waals surface area contributed by atoms with Gasteiger partial charge < -0.3 is 4.74 Å². The molecule has 2 fully saturated rings. The van der Waals surface area contributed by atoms with Gasteiger partial charge in [-0.15, -0.1) is 11.8 Å². The Balaban J connectivity index is 1.50. The molecule has 1 saturated carbocycles. The van der Waals surface area contributed by atoms with Crippen LogP contribution in [0.2, 0.25) is 5.02 Å². The van der Waals surface area contributed by atoms with Crippen LogP contribution in [0.15, 0.2) is 48.5 Å². The Kier molecular flexibility index (Phi) is 5.60. The molecule has 2 aromatic rings. The quantitative estimate of drug-likeness (QED) is 0.519. The molecule has 0 aromatic heterocycles. The summed E-state index contributed by atoms with van der Waals surface area (Å²) in [5.41, 5.74) is 1.30. The average Bonchev–Trinajstić information content (AvgIpc) is 3.00. The number of rotatable bonds is 3. The van der Waals surface area contributed by atoms with E-state index in [0.29, 0.717) is 16.2 Å². The van der Waals surface area contributed by atoms with E-state index in [1.807, 2.05) is 60.3 Å². The van der Waals surface area contributed by atoms with Crippen molar-refractivity contribution in [1.29, 1.82) is 0 Å². The van der Waals surface area contributed by atoms with Crippen LogP contribution in [0.1, 0.15) is 46.5 Å². The van der Waals surface area contributed by atoms with Gasteiger partial charge in [-0.05, 0) is 85.5 Å². The Morgan fingerprint density at radius 3 is 2.10 bits per heavy atom. The molecular formula is C24H28ClNO2S. The van der Waals surface area contributed by atoms with Crippen LogP contribution in [0, 0.1) is 11.3 Å². The first-order valence-electron chi connectivity index (χ1n) is 10.3. The lowest BCUT2D eigenvalue weighted by atomic mass is 9.71. The number of carbonyl (C=O) groups is 1. The zero-order valence-corrected chi connectivity index (χ0v) is 18.9. The predicted octanol–water partition coefficient (Wildman–Crippen LogP) is 7.14. The topological polar surface area (TPSA) is 29.5 Å². The molecule has 3 nitrogen and oxygen atoms in total. The van der Waals surface area contributed by atoms with E-state index in [-0.39, 0.29) is 10.8 Å². The van der Waals surface area contributed by atoms with Gasteiger partial charge in [0, 0.05) is 10.7 Å². The Morgan fingerprint density at radius 2 is 1.55 bits per heavy atom. The summed E-state index contributed by atoms with van der Waals surface area (Å²) in [4.78, 5) is 14.8. The van der Waals surface area contributed by atoms with Crippen LogP contribution < -0.4 is 9.64 Å². The second-order valence-corrected chi connectivity index (χ2v) is 10.9. The fourth-order valence-corrected chi connectivity index (χ4v) is 6.04. The summed E-state index contributed by atoms with van der Waals surface area (Å²) in [6.07, 6.45) is 4.48. The van der Waals surface area contributed by atoms with E-state index >= 15 is 0 Å². The Labute approximate surface area is 182 Å². The summed E-state index contributed by atoms with van der Waals surface area (Å²) < 4.78 is 5.90. The van der Waals surface area contributed by atoms with Gasteiger partial charge in [0.25, 0.3) is 0 Å². The molecule has 1 heterocycles. The fourth-order valence-electron chi connectivity index (χ4n) is 4.54. The molecule has 1 amide bonds. The van der Waals surface area contributed by atoms with Crippen molar-refractivity contribution < 1.29 is 9.53 Å². The van der Waals surface area contributed by atoms with Crippen LogP contribution in [0.3, 0.4) is 0 Å². The first kappa shape index (κ1) is 20.6. The third-order valence-corrected chi connectivity index (χ3v) is 8.03. The highest BCUT2D eigenvalue weighted by molar-refractivity contribution is 8.02. The minimum Gasteiger partial charge on any atom is -0.457 e. The molecule has 0 atom stereocenters. The Hall–Kier alpha value is -1.65. The maximum Gasteiger partial charge on any atom is 0.238 e. The van der Waals surface area contributed by atoms with Gasteiger partial charge in [0.05, 0.1) is 10.6 Å². The number of nitrogens with zero attached hydrogens (tertiary/aromatic N) is 1. The van der Waals surface area contributed by atoms with Gasteiger partial charge in [0.2, 0.25) is 5.91 Å². The fraction of sp³-hybridized carbons (Fsp3) is 0.458. The molecule has 1 saturated heterocycles. The largest absolute Gasteiger partial charge is 0.457 e. The van der Waals surface area contributed by atoms with Gasteiger partial charge >= 0.3 is 0 Å². The van der Waals surface area contributed by atoms with Gasteiger partial charge in [-0.3, -0.25) is 9.69 Å². The van der Waals surface area contributed by atoms with Crippen molar-refractivity contribution >= 4 is 35.0 Å². The van der Waals surface area contributed by atoms with Crippen molar-refractivity contribution in [2.45, 2.75) is 51.3 Å². The van der Waals surface area contributed by atoms with Gasteiger partial charge in [-0.1, -0.05) is 32.4 Å². The van der Waals surface area contributed by atoms with Crippen molar-refractivity contribution in [2.24, 2.45) is 11.3 Å². The molecule has 1 aliphatic heterocycles. The number of thioether (sulfide) groups is 1. The van der Waals surface area contributed by atoms with Gasteiger partial charge in [0.1, 0.15) is 11.5 Å². The summed E-state index contributed by atoms with van der Waals surface area (Å²) in [5, 5.41) is 0.684. The summed E-state index contributed by atoms with van der Waals surface area (Å²) in [5.74, 6) is 3.01. The van der Waals surface area contributed by atoms with Crippen LogP contribution in [0.4, 0.5) is 5.69 Å². The number of carbonyl (C=O) groups excluding carboxylic acids is 1. The van der Waals surface area contributed by atoms with Gasteiger partial charge in [0.15, 0.2) is 0 Å². The zero-order chi connectivity index (χ0) is 20.6. The molecule has 0 radical (unpaired) electrons. The highest BCUT2D eigenvalue weighted by Crippen LogP contribution is 2.52. The van der Waals surface area contributed by atoms with Crippen molar-refractivity contribution in [3.05, 3.63) is 53.6 Å². The number of hydrogen-bond donors (Lipinski definition) is 0. The van der Waals surface area contributed by atoms with Crippen LogP contribution in [0.25, 0.3) is 0 Å². The predicted molar refractivity (Wildman–Crippen MR) is 122 cm³/mol. The van der Waals surface area contributed by atoms with Crippen molar-refractivity contribution in [3.8, 4) is 11.5 Å². The number of ether oxygens (including phenoxy) is 1. The molecule has 29 heavy (non-hydrogen) atoms. The number of amides is 1. The molecule has 2 aromatic carbocycles. The minimum absolute atomic E-state index is 0.0859. The molecule has 0 bridgehead atoms. The van der Waals surface area contributed by atoms with Crippen LogP contribution in [-0.4, -0.2) is 16.5 Å². The van der Waals surface area contributed by atoms with E-state index in [0.717, 1.165) is 35.9 Å². The highest BCUT2D eigenvalue weighted by Gasteiger charge is 2.49. The minimum atomic E-state index is -0.0859. The molecule has 0 N–H and O–H groups in total. The monoisotopic (exact) mass is 429 g/mol. The zero-order valence-electron chi connectivity index (χ0n) is 17.3. The van der Waals surface area contributed by atoms with Crippen molar-refractivity contribution in [1.82, 2.24) is 0 Å².